The first-order valence-corrected chi connectivity index (χ1v) is 9.09. The van der Waals surface area contributed by atoms with Gasteiger partial charge in [-0.1, -0.05) is 0 Å². The van der Waals surface area contributed by atoms with Crippen molar-refractivity contribution in [2.75, 3.05) is 33.2 Å². The number of rotatable bonds is 5. The molecule has 2 rings (SSSR count). The van der Waals surface area contributed by atoms with E-state index < -0.39 is 12.7 Å². The molecule has 1 aromatic rings. The molecule has 0 aliphatic carbocycles. The zero-order chi connectivity index (χ0) is 18.6. The summed E-state index contributed by atoms with van der Waals surface area (Å²) in [5.74, 6) is 0.721. The fourth-order valence-electron chi connectivity index (χ4n) is 3.00. The molecular formula is C16H25BrF3N5. The van der Waals surface area contributed by atoms with Crippen molar-refractivity contribution in [2.45, 2.75) is 32.1 Å². The summed E-state index contributed by atoms with van der Waals surface area (Å²) in [6, 6.07) is 2.02. The Morgan fingerprint density at radius 2 is 2.20 bits per heavy atom. The Hall–Kier alpha value is -1.22. The Morgan fingerprint density at radius 1 is 1.48 bits per heavy atom. The molecule has 0 amide bonds. The van der Waals surface area contributed by atoms with Crippen molar-refractivity contribution < 1.29 is 13.2 Å². The molecule has 1 atom stereocenters. The topological polar surface area (TPSA) is 35.8 Å². The maximum Gasteiger partial charge on any atom is 0.401 e. The van der Waals surface area contributed by atoms with Gasteiger partial charge in [0.15, 0.2) is 5.96 Å². The van der Waals surface area contributed by atoms with E-state index in [-0.39, 0.29) is 6.04 Å². The molecule has 1 fully saturated rings. The molecule has 2 heterocycles. The van der Waals surface area contributed by atoms with Crippen molar-refractivity contribution >= 4 is 21.9 Å². The van der Waals surface area contributed by atoms with Crippen molar-refractivity contribution in [3.05, 3.63) is 22.4 Å². The Morgan fingerprint density at radius 3 is 2.76 bits per heavy atom. The fourth-order valence-corrected chi connectivity index (χ4v) is 3.57. The van der Waals surface area contributed by atoms with Crippen molar-refractivity contribution in [1.29, 1.82) is 0 Å². The molecule has 0 saturated carbocycles. The summed E-state index contributed by atoms with van der Waals surface area (Å²) in [5.41, 5.74) is 1.12. The summed E-state index contributed by atoms with van der Waals surface area (Å²) in [4.78, 5) is 7.93. The predicted molar refractivity (Wildman–Crippen MR) is 96.6 cm³/mol. The van der Waals surface area contributed by atoms with E-state index in [1.165, 1.54) is 4.90 Å². The molecule has 1 unspecified atom stereocenters. The Bertz CT molecular complexity index is 599. The van der Waals surface area contributed by atoms with Gasteiger partial charge in [-0.25, -0.2) is 0 Å². The van der Waals surface area contributed by atoms with Gasteiger partial charge in [0.2, 0.25) is 0 Å². The second-order valence-corrected chi connectivity index (χ2v) is 7.31. The quantitative estimate of drug-likeness (QED) is 0.584. The van der Waals surface area contributed by atoms with Crippen LogP contribution < -0.4 is 5.32 Å². The van der Waals surface area contributed by atoms with E-state index >= 15 is 0 Å². The number of alkyl halides is 3. The van der Waals surface area contributed by atoms with E-state index in [0.717, 1.165) is 16.1 Å². The third-order valence-corrected chi connectivity index (χ3v) is 4.59. The van der Waals surface area contributed by atoms with Gasteiger partial charge < -0.3 is 14.8 Å². The van der Waals surface area contributed by atoms with E-state index in [9.17, 15) is 13.2 Å². The first-order chi connectivity index (χ1) is 11.7. The predicted octanol–water partition coefficient (Wildman–Crippen LogP) is 2.82. The number of nitrogens with one attached hydrogen (secondary N) is 1. The molecule has 25 heavy (non-hydrogen) atoms. The van der Waals surface area contributed by atoms with Crippen LogP contribution in [0.3, 0.4) is 0 Å². The molecule has 0 spiro atoms. The van der Waals surface area contributed by atoms with Gasteiger partial charge >= 0.3 is 6.18 Å². The number of halogens is 4. The van der Waals surface area contributed by atoms with Crippen LogP contribution in [0, 0.1) is 0 Å². The number of hydrogen-bond donors (Lipinski definition) is 1. The van der Waals surface area contributed by atoms with Gasteiger partial charge in [-0.15, -0.1) is 0 Å². The van der Waals surface area contributed by atoms with Gasteiger partial charge in [-0.05, 0) is 35.3 Å². The van der Waals surface area contributed by atoms with Crippen molar-refractivity contribution in [3.63, 3.8) is 0 Å². The highest BCUT2D eigenvalue weighted by Gasteiger charge is 2.34. The van der Waals surface area contributed by atoms with Gasteiger partial charge in [0.25, 0.3) is 0 Å². The SMILES string of the molecule is CCN=C(NC1CCN(CC(F)(F)F)C1)N(C)Cc1cc(Br)cn1C. The largest absolute Gasteiger partial charge is 0.401 e. The molecule has 142 valence electrons. The van der Waals surface area contributed by atoms with Crippen LogP contribution in [-0.4, -0.2) is 65.8 Å². The number of aromatic nitrogens is 1. The average molecular weight is 424 g/mol. The van der Waals surface area contributed by atoms with Crippen LogP contribution in [0.1, 0.15) is 19.0 Å². The van der Waals surface area contributed by atoms with Gasteiger partial charge in [-0.2, -0.15) is 13.2 Å². The number of guanidine groups is 1. The van der Waals surface area contributed by atoms with Crippen molar-refractivity contribution in [3.8, 4) is 0 Å². The lowest BCUT2D eigenvalue weighted by atomic mass is 10.2. The standard InChI is InChI=1S/C16H25BrF3N5/c1-4-21-15(24(3)10-14-7-12(17)8-23(14)2)22-13-5-6-25(9-13)11-16(18,19)20/h7-8,13H,4-6,9-11H2,1-3H3,(H,21,22). The van der Waals surface area contributed by atoms with Crippen molar-refractivity contribution in [1.82, 2.24) is 19.7 Å². The third kappa shape index (κ3) is 6.22. The van der Waals surface area contributed by atoms with Crippen LogP contribution in [0.2, 0.25) is 0 Å². The molecule has 0 aromatic carbocycles. The van der Waals surface area contributed by atoms with Crippen LogP contribution in [-0.2, 0) is 13.6 Å². The van der Waals surface area contributed by atoms with Gasteiger partial charge in [0.05, 0.1) is 13.1 Å². The molecule has 1 aliphatic heterocycles. The molecule has 1 aliphatic rings. The summed E-state index contributed by atoms with van der Waals surface area (Å²) >= 11 is 3.46. The summed E-state index contributed by atoms with van der Waals surface area (Å²) < 4.78 is 40.6. The lowest BCUT2D eigenvalue weighted by Gasteiger charge is -2.26. The summed E-state index contributed by atoms with van der Waals surface area (Å²) in [6.45, 7) is 3.20. The maximum atomic E-state index is 12.5. The van der Waals surface area contributed by atoms with Gasteiger partial charge in [0, 0.05) is 56.1 Å². The van der Waals surface area contributed by atoms with Crippen LogP contribution >= 0.6 is 15.9 Å². The molecule has 1 aromatic heterocycles. The minimum atomic E-state index is -4.15. The lowest BCUT2D eigenvalue weighted by Crippen LogP contribution is -2.46. The molecule has 0 bridgehead atoms. The van der Waals surface area contributed by atoms with E-state index in [1.807, 2.05) is 42.7 Å². The van der Waals surface area contributed by atoms with Crippen LogP contribution in [0.5, 0.6) is 0 Å². The lowest BCUT2D eigenvalue weighted by molar-refractivity contribution is -0.143. The monoisotopic (exact) mass is 423 g/mol. The smallest absolute Gasteiger partial charge is 0.352 e. The second kappa shape index (κ2) is 8.44. The van der Waals surface area contributed by atoms with Gasteiger partial charge in [0.1, 0.15) is 0 Å². The van der Waals surface area contributed by atoms with Crippen LogP contribution in [0.4, 0.5) is 13.2 Å². The Kier molecular flexibility index (Phi) is 6.79. The zero-order valence-electron chi connectivity index (χ0n) is 14.8. The molecule has 0 radical (unpaired) electrons. The molecule has 9 heteroatoms. The van der Waals surface area contributed by atoms with E-state index in [4.69, 9.17) is 0 Å². The van der Waals surface area contributed by atoms with Crippen LogP contribution in [0.25, 0.3) is 0 Å². The highest BCUT2D eigenvalue weighted by Crippen LogP contribution is 2.20. The Labute approximate surface area is 155 Å². The van der Waals surface area contributed by atoms with Crippen LogP contribution in [0.15, 0.2) is 21.7 Å². The third-order valence-electron chi connectivity index (χ3n) is 4.15. The maximum absolute atomic E-state index is 12.5. The zero-order valence-corrected chi connectivity index (χ0v) is 16.4. The van der Waals surface area contributed by atoms with E-state index in [0.29, 0.717) is 32.6 Å². The van der Waals surface area contributed by atoms with E-state index in [2.05, 4.69) is 26.2 Å². The number of likely N-dealkylation sites (tertiary alicyclic amines) is 1. The first-order valence-electron chi connectivity index (χ1n) is 8.30. The summed E-state index contributed by atoms with van der Waals surface area (Å²) in [6.07, 6.45) is -1.48. The number of aryl methyl sites for hydroxylation is 1. The highest BCUT2D eigenvalue weighted by molar-refractivity contribution is 9.10. The minimum absolute atomic E-state index is 0.0183. The Balaban J connectivity index is 1.95. The summed E-state index contributed by atoms with van der Waals surface area (Å²) in [5, 5.41) is 3.32. The number of hydrogen-bond acceptors (Lipinski definition) is 2. The highest BCUT2D eigenvalue weighted by atomic mass is 79.9. The second-order valence-electron chi connectivity index (χ2n) is 6.39. The molecule has 1 saturated heterocycles. The fraction of sp³-hybridized carbons (Fsp3) is 0.688. The first kappa shape index (κ1) is 20.1. The molecule has 1 N–H and O–H groups in total. The van der Waals surface area contributed by atoms with Gasteiger partial charge in [-0.3, -0.25) is 9.89 Å². The molecule has 5 nitrogen and oxygen atoms in total. The van der Waals surface area contributed by atoms with E-state index in [1.54, 1.807) is 0 Å². The average Bonchev–Trinajstić information content (AvgIpc) is 3.03. The van der Waals surface area contributed by atoms with Crippen molar-refractivity contribution in [2.24, 2.45) is 12.0 Å². The summed E-state index contributed by atoms with van der Waals surface area (Å²) in [7, 11) is 3.91. The minimum Gasteiger partial charge on any atom is -0.352 e. The number of aliphatic imine (C=N–C) groups is 1. The molecular weight excluding hydrogens is 399 g/mol. The normalized spacial score (nSPS) is 19.5. The number of nitrogens with zero attached hydrogens (tertiary/aromatic N) is 4.